The predicted octanol–water partition coefficient (Wildman–Crippen LogP) is 9.05. The van der Waals surface area contributed by atoms with Gasteiger partial charge in [0.15, 0.2) is 0 Å². The molecule has 0 saturated carbocycles. The number of allylic oxidation sites excluding steroid dienone is 7. The van der Waals surface area contributed by atoms with Gasteiger partial charge in [-0.25, -0.2) is 0 Å². The molecule has 164 valence electrons. The van der Waals surface area contributed by atoms with Crippen molar-refractivity contribution in [3.63, 3.8) is 0 Å². The highest BCUT2D eigenvalue weighted by Gasteiger charge is 2.21. The van der Waals surface area contributed by atoms with Crippen molar-refractivity contribution in [1.82, 2.24) is 0 Å². The maximum atomic E-state index is 4.38. The molecular formula is C30H44. The molecule has 1 aliphatic rings. The van der Waals surface area contributed by atoms with E-state index in [4.69, 9.17) is 0 Å². The van der Waals surface area contributed by atoms with E-state index >= 15 is 0 Å². The van der Waals surface area contributed by atoms with Crippen LogP contribution in [-0.4, -0.2) is 0 Å². The van der Waals surface area contributed by atoms with E-state index in [9.17, 15) is 0 Å². The van der Waals surface area contributed by atoms with E-state index in [0.717, 1.165) is 19.3 Å². The molecule has 0 nitrogen and oxygen atoms in total. The third-order valence-electron chi connectivity index (χ3n) is 6.76. The standard InChI is InChI=1S/C30H44/c1-10-12-25-13-14-26(30(28(25)11-2)24(9)20(3)4)15-16-29(21(5)6)27-18-22(7)17-23(8)19-27/h13-14,17-18,23,29H,5,10-12,15-16,19H2,1-4,6-9H3. The second-order valence-electron chi connectivity index (χ2n) is 9.71. The minimum absolute atomic E-state index is 0.483. The fourth-order valence-corrected chi connectivity index (χ4v) is 5.14. The molecule has 1 aliphatic carbocycles. The smallest absolute Gasteiger partial charge is 0.000807 e. The van der Waals surface area contributed by atoms with Gasteiger partial charge in [-0.05, 0) is 100 Å². The summed E-state index contributed by atoms with van der Waals surface area (Å²) in [7, 11) is 0. The minimum Gasteiger partial charge on any atom is -0.0995 e. The molecule has 2 unspecified atom stereocenters. The van der Waals surface area contributed by atoms with Crippen molar-refractivity contribution in [2.45, 2.75) is 93.9 Å². The van der Waals surface area contributed by atoms with Crippen molar-refractivity contribution >= 4 is 5.57 Å². The molecular weight excluding hydrogens is 360 g/mol. The summed E-state index contributed by atoms with van der Waals surface area (Å²) in [6.07, 6.45) is 11.8. The van der Waals surface area contributed by atoms with Crippen LogP contribution in [0.1, 0.15) is 96.9 Å². The van der Waals surface area contributed by atoms with Crippen molar-refractivity contribution < 1.29 is 0 Å². The van der Waals surface area contributed by atoms with Crippen LogP contribution in [0.5, 0.6) is 0 Å². The molecule has 0 saturated heterocycles. The lowest BCUT2D eigenvalue weighted by atomic mass is 9.78. The largest absolute Gasteiger partial charge is 0.0995 e. The zero-order chi connectivity index (χ0) is 22.4. The number of hydrogen-bond donors (Lipinski definition) is 0. The van der Waals surface area contributed by atoms with Gasteiger partial charge in [-0.1, -0.05) is 80.3 Å². The zero-order valence-corrected chi connectivity index (χ0v) is 20.9. The first kappa shape index (κ1) is 24.4. The first-order valence-corrected chi connectivity index (χ1v) is 12.0. The maximum absolute atomic E-state index is 4.38. The van der Waals surface area contributed by atoms with Crippen LogP contribution >= 0.6 is 0 Å². The van der Waals surface area contributed by atoms with Crippen LogP contribution in [0.25, 0.3) is 5.57 Å². The highest BCUT2D eigenvalue weighted by atomic mass is 14.3. The molecule has 2 rings (SSSR count). The molecule has 0 heteroatoms. The molecule has 2 atom stereocenters. The summed E-state index contributed by atoms with van der Waals surface area (Å²) >= 11 is 0. The van der Waals surface area contributed by atoms with Gasteiger partial charge in [-0.15, -0.1) is 0 Å². The average molecular weight is 405 g/mol. The molecule has 0 bridgehead atoms. The van der Waals surface area contributed by atoms with Gasteiger partial charge in [0.1, 0.15) is 0 Å². The summed E-state index contributed by atoms with van der Waals surface area (Å²) in [5.41, 5.74) is 13.4. The van der Waals surface area contributed by atoms with E-state index in [1.807, 2.05) is 0 Å². The van der Waals surface area contributed by atoms with Gasteiger partial charge < -0.3 is 0 Å². The fraction of sp³-hybridized carbons (Fsp3) is 0.533. The monoisotopic (exact) mass is 404 g/mol. The van der Waals surface area contributed by atoms with E-state index in [-0.39, 0.29) is 0 Å². The molecule has 0 radical (unpaired) electrons. The fourth-order valence-electron chi connectivity index (χ4n) is 5.14. The van der Waals surface area contributed by atoms with Crippen molar-refractivity contribution in [1.29, 1.82) is 0 Å². The van der Waals surface area contributed by atoms with Crippen LogP contribution in [0.15, 0.2) is 53.2 Å². The van der Waals surface area contributed by atoms with Crippen molar-refractivity contribution in [2.75, 3.05) is 0 Å². The van der Waals surface area contributed by atoms with Gasteiger partial charge in [0.05, 0.1) is 0 Å². The van der Waals surface area contributed by atoms with Crippen molar-refractivity contribution in [3.8, 4) is 0 Å². The summed E-state index contributed by atoms with van der Waals surface area (Å²) in [6.45, 7) is 22.6. The summed E-state index contributed by atoms with van der Waals surface area (Å²) in [6, 6.07) is 4.83. The van der Waals surface area contributed by atoms with Crippen LogP contribution in [-0.2, 0) is 19.3 Å². The Kier molecular flexibility index (Phi) is 8.95. The summed E-state index contributed by atoms with van der Waals surface area (Å²) in [5, 5.41) is 0. The Balaban J connectivity index is 2.42. The molecule has 0 fully saturated rings. The van der Waals surface area contributed by atoms with E-state index in [1.54, 1.807) is 16.7 Å². The molecule has 30 heavy (non-hydrogen) atoms. The van der Waals surface area contributed by atoms with Gasteiger partial charge in [-0.2, -0.15) is 0 Å². The highest BCUT2D eigenvalue weighted by Crippen LogP contribution is 2.36. The Morgan fingerprint density at radius 3 is 2.27 bits per heavy atom. The number of aryl methyl sites for hydroxylation is 2. The lowest BCUT2D eigenvalue weighted by Gasteiger charge is -2.27. The topological polar surface area (TPSA) is 0 Å². The van der Waals surface area contributed by atoms with Crippen LogP contribution < -0.4 is 0 Å². The second-order valence-corrected chi connectivity index (χ2v) is 9.71. The maximum Gasteiger partial charge on any atom is 0.000807 e. The summed E-state index contributed by atoms with van der Waals surface area (Å²) in [4.78, 5) is 0. The van der Waals surface area contributed by atoms with E-state index in [2.05, 4.69) is 86.3 Å². The SMILES string of the molecule is C=C(C)C(CCc1ccc(CCC)c(CC)c1C(C)=C(C)C)C1=CC(C)=CC(C)C1. The van der Waals surface area contributed by atoms with Gasteiger partial charge >= 0.3 is 0 Å². The molecule has 0 aromatic heterocycles. The molecule has 0 spiro atoms. The van der Waals surface area contributed by atoms with Gasteiger partial charge in [0.2, 0.25) is 0 Å². The van der Waals surface area contributed by atoms with E-state index < -0.39 is 0 Å². The minimum atomic E-state index is 0.483. The third-order valence-corrected chi connectivity index (χ3v) is 6.76. The normalized spacial score (nSPS) is 17.3. The quantitative estimate of drug-likeness (QED) is 0.360. The van der Waals surface area contributed by atoms with Crippen LogP contribution in [0, 0.1) is 11.8 Å². The predicted molar refractivity (Wildman–Crippen MR) is 136 cm³/mol. The lowest BCUT2D eigenvalue weighted by molar-refractivity contribution is 0.569. The Morgan fingerprint density at radius 1 is 1.07 bits per heavy atom. The molecule has 1 aromatic carbocycles. The summed E-state index contributed by atoms with van der Waals surface area (Å²) in [5.74, 6) is 1.12. The highest BCUT2D eigenvalue weighted by molar-refractivity contribution is 5.72. The average Bonchev–Trinajstić information content (AvgIpc) is 2.67. The van der Waals surface area contributed by atoms with Crippen LogP contribution in [0.2, 0.25) is 0 Å². The van der Waals surface area contributed by atoms with Gasteiger partial charge in [0, 0.05) is 5.92 Å². The van der Waals surface area contributed by atoms with Crippen LogP contribution in [0.4, 0.5) is 0 Å². The van der Waals surface area contributed by atoms with E-state index in [0.29, 0.717) is 11.8 Å². The third kappa shape index (κ3) is 5.87. The van der Waals surface area contributed by atoms with Gasteiger partial charge in [0.25, 0.3) is 0 Å². The van der Waals surface area contributed by atoms with Gasteiger partial charge in [-0.3, -0.25) is 0 Å². The Labute approximate surface area is 186 Å². The van der Waals surface area contributed by atoms with Crippen molar-refractivity contribution in [3.05, 3.63) is 75.4 Å². The first-order valence-electron chi connectivity index (χ1n) is 12.0. The number of rotatable bonds is 9. The van der Waals surface area contributed by atoms with E-state index in [1.165, 1.54) is 52.7 Å². The molecule has 0 aliphatic heterocycles. The number of hydrogen-bond acceptors (Lipinski definition) is 0. The Bertz CT molecular complexity index is 852. The first-order chi connectivity index (χ1) is 14.2. The molecule has 0 heterocycles. The Hall–Kier alpha value is -1.82. The Morgan fingerprint density at radius 2 is 1.73 bits per heavy atom. The lowest BCUT2D eigenvalue weighted by Crippen LogP contribution is -2.13. The molecule has 1 aromatic rings. The summed E-state index contributed by atoms with van der Waals surface area (Å²) < 4.78 is 0. The molecule has 0 amide bonds. The van der Waals surface area contributed by atoms with Crippen molar-refractivity contribution in [2.24, 2.45) is 11.8 Å². The molecule has 0 N–H and O–H groups in total. The second kappa shape index (κ2) is 11.0. The zero-order valence-electron chi connectivity index (χ0n) is 20.9. The number of benzene rings is 1. The van der Waals surface area contributed by atoms with Crippen LogP contribution in [0.3, 0.4) is 0 Å².